The lowest BCUT2D eigenvalue weighted by Crippen LogP contribution is -2.54. The molecule has 0 saturated heterocycles. The molecule has 3 amide bonds. The van der Waals surface area contributed by atoms with Crippen LogP contribution in [-0.4, -0.2) is 38.0 Å². The van der Waals surface area contributed by atoms with Crippen molar-refractivity contribution in [2.24, 2.45) is 5.92 Å². The van der Waals surface area contributed by atoms with Gasteiger partial charge in [0.2, 0.25) is 0 Å². The van der Waals surface area contributed by atoms with Crippen molar-refractivity contribution in [3.05, 3.63) is 59.2 Å². The highest BCUT2D eigenvalue weighted by molar-refractivity contribution is 5.99. The SMILES string of the molecule is CCc1ccc(C(=O)NNC(=O)[C@@H](NC(=O)c2cc(OC)cc(OC)c2)C(C)C)cc1. The van der Waals surface area contributed by atoms with E-state index in [1.54, 1.807) is 44.2 Å². The van der Waals surface area contributed by atoms with Gasteiger partial charge in [-0.1, -0.05) is 32.9 Å². The zero-order valence-corrected chi connectivity index (χ0v) is 18.4. The van der Waals surface area contributed by atoms with Gasteiger partial charge in [0, 0.05) is 17.2 Å². The average molecular weight is 428 g/mol. The molecular formula is C23H29N3O5. The number of nitrogens with one attached hydrogen (secondary N) is 3. The lowest BCUT2D eigenvalue weighted by atomic mass is 10.0. The fourth-order valence-electron chi connectivity index (χ4n) is 2.86. The Bertz CT molecular complexity index is 903. The molecule has 1 atom stereocenters. The first-order valence-electron chi connectivity index (χ1n) is 10.0. The van der Waals surface area contributed by atoms with Crippen LogP contribution in [0, 0.1) is 5.92 Å². The number of methoxy groups -OCH3 is 2. The van der Waals surface area contributed by atoms with Crippen LogP contribution in [0.1, 0.15) is 47.1 Å². The van der Waals surface area contributed by atoms with Gasteiger partial charge in [-0.2, -0.15) is 0 Å². The summed E-state index contributed by atoms with van der Waals surface area (Å²) in [5.41, 5.74) is 6.60. The molecule has 2 rings (SSSR count). The van der Waals surface area contributed by atoms with Crippen LogP contribution in [0.25, 0.3) is 0 Å². The van der Waals surface area contributed by atoms with Gasteiger partial charge in [-0.15, -0.1) is 0 Å². The summed E-state index contributed by atoms with van der Waals surface area (Å²) in [5, 5.41) is 2.70. The van der Waals surface area contributed by atoms with E-state index in [0.29, 0.717) is 17.1 Å². The number of aryl methyl sites for hydroxylation is 1. The van der Waals surface area contributed by atoms with Gasteiger partial charge in [-0.3, -0.25) is 25.2 Å². The number of amides is 3. The second kappa shape index (κ2) is 11.0. The van der Waals surface area contributed by atoms with E-state index in [2.05, 4.69) is 16.2 Å². The Morgan fingerprint density at radius 3 is 1.90 bits per heavy atom. The first-order chi connectivity index (χ1) is 14.8. The molecule has 0 radical (unpaired) electrons. The number of hydrazine groups is 1. The maximum atomic E-state index is 12.7. The maximum absolute atomic E-state index is 12.7. The summed E-state index contributed by atoms with van der Waals surface area (Å²) in [7, 11) is 2.97. The van der Waals surface area contributed by atoms with Crippen LogP contribution in [0.2, 0.25) is 0 Å². The number of rotatable bonds is 8. The predicted molar refractivity (Wildman–Crippen MR) is 117 cm³/mol. The summed E-state index contributed by atoms with van der Waals surface area (Å²) in [5.74, 6) is -0.753. The summed E-state index contributed by atoms with van der Waals surface area (Å²) < 4.78 is 10.4. The zero-order chi connectivity index (χ0) is 23.0. The van der Waals surface area contributed by atoms with E-state index in [4.69, 9.17) is 9.47 Å². The third-order valence-corrected chi connectivity index (χ3v) is 4.77. The number of ether oxygens (including phenoxy) is 2. The first-order valence-corrected chi connectivity index (χ1v) is 10.0. The van der Waals surface area contributed by atoms with Gasteiger partial charge < -0.3 is 14.8 Å². The molecule has 0 aliphatic rings. The highest BCUT2D eigenvalue weighted by atomic mass is 16.5. The molecule has 8 heteroatoms. The minimum Gasteiger partial charge on any atom is -0.497 e. The van der Waals surface area contributed by atoms with E-state index < -0.39 is 23.8 Å². The molecule has 31 heavy (non-hydrogen) atoms. The largest absolute Gasteiger partial charge is 0.497 e. The van der Waals surface area contributed by atoms with Crippen molar-refractivity contribution in [2.45, 2.75) is 33.2 Å². The molecular weight excluding hydrogens is 398 g/mol. The Labute approximate surface area is 182 Å². The quantitative estimate of drug-likeness (QED) is 0.562. The van der Waals surface area contributed by atoms with Crippen molar-refractivity contribution in [3.8, 4) is 11.5 Å². The lowest BCUT2D eigenvalue weighted by molar-refractivity contribution is -0.124. The fourth-order valence-corrected chi connectivity index (χ4v) is 2.86. The number of carbonyl (C=O) groups excluding carboxylic acids is 3. The van der Waals surface area contributed by atoms with Crippen molar-refractivity contribution in [2.75, 3.05) is 14.2 Å². The normalized spacial score (nSPS) is 11.4. The molecule has 2 aromatic carbocycles. The summed E-state index contributed by atoms with van der Waals surface area (Å²) in [6.45, 7) is 5.61. The van der Waals surface area contributed by atoms with Gasteiger partial charge in [-0.25, -0.2) is 0 Å². The molecule has 0 aliphatic carbocycles. The smallest absolute Gasteiger partial charge is 0.269 e. The van der Waals surface area contributed by atoms with Crippen molar-refractivity contribution in [3.63, 3.8) is 0 Å². The molecule has 0 spiro atoms. The van der Waals surface area contributed by atoms with E-state index in [-0.39, 0.29) is 11.5 Å². The zero-order valence-electron chi connectivity index (χ0n) is 18.4. The minimum atomic E-state index is -0.868. The van der Waals surface area contributed by atoms with Gasteiger partial charge >= 0.3 is 0 Å². The van der Waals surface area contributed by atoms with Crippen molar-refractivity contribution in [1.82, 2.24) is 16.2 Å². The molecule has 8 nitrogen and oxygen atoms in total. The summed E-state index contributed by atoms with van der Waals surface area (Å²) in [6.07, 6.45) is 0.869. The number of hydrogen-bond acceptors (Lipinski definition) is 5. The topological polar surface area (TPSA) is 106 Å². The first kappa shape index (κ1) is 23.7. The second-order valence-electron chi connectivity index (χ2n) is 7.29. The molecule has 0 aromatic heterocycles. The monoisotopic (exact) mass is 427 g/mol. The third-order valence-electron chi connectivity index (χ3n) is 4.77. The van der Waals surface area contributed by atoms with Crippen LogP contribution in [0.15, 0.2) is 42.5 Å². The van der Waals surface area contributed by atoms with Gasteiger partial charge in [0.1, 0.15) is 17.5 Å². The van der Waals surface area contributed by atoms with E-state index in [0.717, 1.165) is 12.0 Å². The van der Waals surface area contributed by atoms with Crippen LogP contribution in [0.5, 0.6) is 11.5 Å². The molecule has 3 N–H and O–H groups in total. The Morgan fingerprint density at radius 1 is 0.839 bits per heavy atom. The van der Waals surface area contributed by atoms with Crippen molar-refractivity contribution < 1.29 is 23.9 Å². The van der Waals surface area contributed by atoms with Crippen LogP contribution < -0.4 is 25.6 Å². The Morgan fingerprint density at radius 2 is 1.42 bits per heavy atom. The maximum Gasteiger partial charge on any atom is 0.269 e. The predicted octanol–water partition coefficient (Wildman–Crippen LogP) is 2.48. The van der Waals surface area contributed by atoms with Gasteiger partial charge in [-0.05, 0) is 42.2 Å². The Hall–Kier alpha value is -3.55. The lowest BCUT2D eigenvalue weighted by Gasteiger charge is -2.22. The van der Waals surface area contributed by atoms with Gasteiger partial charge in [0.25, 0.3) is 17.7 Å². The second-order valence-corrected chi connectivity index (χ2v) is 7.29. The summed E-state index contributed by atoms with van der Waals surface area (Å²) in [6, 6.07) is 11.0. The minimum absolute atomic E-state index is 0.225. The average Bonchev–Trinajstić information content (AvgIpc) is 2.79. The Kier molecular flexibility index (Phi) is 8.43. The molecule has 0 saturated carbocycles. The van der Waals surface area contributed by atoms with Crippen LogP contribution in [0.4, 0.5) is 0 Å². The van der Waals surface area contributed by atoms with Crippen LogP contribution >= 0.6 is 0 Å². The third kappa shape index (κ3) is 6.47. The van der Waals surface area contributed by atoms with Crippen molar-refractivity contribution >= 4 is 17.7 Å². The van der Waals surface area contributed by atoms with Gasteiger partial charge in [0.05, 0.1) is 14.2 Å². The standard InChI is InChI=1S/C23H29N3O5/c1-6-15-7-9-16(10-8-15)22(28)25-26-23(29)20(14(2)3)24-21(27)17-11-18(30-4)13-19(12-17)31-5/h7-14,20H,6H2,1-5H3,(H,24,27)(H,25,28)(H,26,29)/t20-/m0/s1. The van der Waals surface area contributed by atoms with Crippen molar-refractivity contribution in [1.29, 1.82) is 0 Å². The highest BCUT2D eigenvalue weighted by Gasteiger charge is 2.25. The molecule has 0 bridgehead atoms. The molecule has 0 aliphatic heterocycles. The molecule has 0 heterocycles. The Balaban J connectivity index is 2.04. The van der Waals surface area contributed by atoms with E-state index >= 15 is 0 Å². The number of benzene rings is 2. The number of hydrogen-bond donors (Lipinski definition) is 3. The summed E-state index contributed by atoms with van der Waals surface area (Å²) in [4.78, 5) is 37.7. The molecule has 0 unspecified atom stereocenters. The number of carbonyl (C=O) groups is 3. The van der Waals surface area contributed by atoms with Gasteiger partial charge in [0.15, 0.2) is 0 Å². The molecule has 166 valence electrons. The van der Waals surface area contributed by atoms with E-state index in [1.165, 1.54) is 14.2 Å². The van der Waals surface area contributed by atoms with Crippen LogP contribution in [-0.2, 0) is 11.2 Å². The van der Waals surface area contributed by atoms with E-state index in [1.807, 2.05) is 19.1 Å². The van der Waals surface area contributed by atoms with E-state index in [9.17, 15) is 14.4 Å². The highest BCUT2D eigenvalue weighted by Crippen LogP contribution is 2.22. The molecule has 0 fully saturated rings. The van der Waals surface area contributed by atoms with Crippen LogP contribution in [0.3, 0.4) is 0 Å². The molecule has 2 aromatic rings. The summed E-state index contributed by atoms with van der Waals surface area (Å²) >= 11 is 0. The fraction of sp³-hybridized carbons (Fsp3) is 0.348.